The van der Waals surface area contributed by atoms with Crippen molar-refractivity contribution >= 4 is 32.3 Å². The van der Waals surface area contributed by atoms with Crippen molar-refractivity contribution in [3.8, 4) is 66.8 Å². The fourth-order valence-corrected chi connectivity index (χ4v) is 8.33. The molecule has 0 atom stereocenters. The first-order chi connectivity index (χ1) is 25.8. The monoisotopic (exact) mass is 658 g/mol. The molecule has 10 aromatic carbocycles. The zero-order chi connectivity index (χ0) is 34.4. The highest BCUT2D eigenvalue weighted by molar-refractivity contribution is 6.32. The largest absolute Gasteiger partial charge is 0.0622 e. The molecule has 0 aliphatic carbocycles. The maximum absolute atomic E-state index is 2.48. The van der Waals surface area contributed by atoms with Crippen molar-refractivity contribution in [2.24, 2.45) is 0 Å². The lowest BCUT2D eigenvalue weighted by atomic mass is 9.80. The maximum Gasteiger partial charge on any atom is -0.00137 e. The minimum Gasteiger partial charge on any atom is -0.0622 e. The fraction of sp³-hybridized carbons (Fsp3) is 0. The molecule has 52 heavy (non-hydrogen) atoms. The summed E-state index contributed by atoms with van der Waals surface area (Å²) >= 11 is 0. The van der Waals surface area contributed by atoms with E-state index in [0.29, 0.717) is 0 Å². The second-order valence-corrected chi connectivity index (χ2v) is 13.6. The lowest BCUT2D eigenvalue weighted by Crippen LogP contribution is -1.96. The Balaban J connectivity index is 1.39. The summed E-state index contributed by atoms with van der Waals surface area (Å²) in [5.41, 5.74) is 14.8. The van der Waals surface area contributed by atoms with E-state index >= 15 is 0 Å². The van der Waals surface area contributed by atoms with E-state index in [-0.39, 0.29) is 0 Å². The van der Waals surface area contributed by atoms with Crippen LogP contribution in [-0.2, 0) is 0 Å². The molecular formula is C52H34. The van der Waals surface area contributed by atoms with Crippen molar-refractivity contribution in [3.05, 3.63) is 206 Å². The Morgan fingerprint density at radius 2 is 0.500 bits per heavy atom. The molecule has 242 valence electrons. The molecule has 0 aromatic heterocycles. The van der Waals surface area contributed by atoms with Gasteiger partial charge in [0, 0.05) is 0 Å². The third-order valence-corrected chi connectivity index (χ3v) is 10.7. The van der Waals surface area contributed by atoms with Gasteiger partial charge in [-0.2, -0.15) is 0 Å². The van der Waals surface area contributed by atoms with Crippen LogP contribution in [0.15, 0.2) is 206 Å². The molecule has 0 radical (unpaired) electrons. The molecule has 0 heterocycles. The quantitative estimate of drug-likeness (QED) is 0.156. The number of hydrogen-bond donors (Lipinski definition) is 0. The zero-order valence-electron chi connectivity index (χ0n) is 28.6. The summed E-state index contributed by atoms with van der Waals surface area (Å²) in [4.78, 5) is 0. The van der Waals surface area contributed by atoms with Crippen molar-refractivity contribution in [2.75, 3.05) is 0 Å². The van der Waals surface area contributed by atoms with E-state index in [4.69, 9.17) is 0 Å². The van der Waals surface area contributed by atoms with E-state index < -0.39 is 0 Å². The Bertz CT molecular complexity index is 2850. The predicted molar refractivity (Wildman–Crippen MR) is 223 cm³/mol. The van der Waals surface area contributed by atoms with E-state index in [9.17, 15) is 0 Å². The predicted octanol–water partition coefficient (Wildman–Crippen LogP) is 14.6. The fourth-order valence-electron chi connectivity index (χ4n) is 8.33. The minimum absolute atomic E-state index is 1.21. The second kappa shape index (κ2) is 12.5. The maximum atomic E-state index is 2.48. The Kier molecular flexibility index (Phi) is 7.25. The van der Waals surface area contributed by atoms with Crippen molar-refractivity contribution in [1.29, 1.82) is 0 Å². The Labute approximate surface area is 304 Å². The molecule has 0 saturated carbocycles. The summed E-state index contributed by atoms with van der Waals surface area (Å²) in [7, 11) is 0. The number of benzene rings is 10. The molecule has 0 bridgehead atoms. The third-order valence-electron chi connectivity index (χ3n) is 10.7. The lowest BCUT2D eigenvalue weighted by Gasteiger charge is -2.23. The van der Waals surface area contributed by atoms with Crippen molar-refractivity contribution in [3.63, 3.8) is 0 Å². The van der Waals surface area contributed by atoms with Crippen LogP contribution in [0, 0.1) is 0 Å². The molecule has 0 saturated heterocycles. The molecule has 0 nitrogen and oxygen atoms in total. The van der Waals surface area contributed by atoms with Crippen LogP contribution in [-0.4, -0.2) is 0 Å². The molecule has 0 amide bonds. The van der Waals surface area contributed by atoms with Gasteiger partial charge in [-0.15, -0.1) is 0 Å². The van der Waals surface area contributed by atoms with Gasteiger partial charge in [-0.3, -0.25) is 0 Å². The van der Waals surface area contributed by atoms with Gasteiger partial charge in [0.15, 0.2) is 0 Å². The smallest absolute Gasteiger partial charge is 0.00137 e. The van der Waals surface area contributed by atoms with E-state index in [1.54, 1.807) is 0 Å². The first kappa shape index (κ1) is 30.1. The summed E-state index contributed by atoms with van der Waals surface area (Å²) in [6.07, 6.45) is 0. The van der Waals surface area contributed by atoms with Gasteiger partial charge >= 0.3 is 0 Å². The Morgan fingerprint density at radius 3 is 0.981 bits per heavy atom. The van der Waals surface area contributed by atoms with Crippen LogP contribution in [0.3, 0.4) is 0 Å². The molecule has 0 unspecified atom stereocenters. The van der Waals surface area contributed by atoms with E-state index in [1.165, 1.54) is 99.1 Å². The van der Waals surface area contributed by atoms with E-state index in [0.717, 1.165) is 0 Å². The first-order valence-electron chi connectivity index (χ1n) is 18.0. The number of rotatable bonds is 6. The Hall–Kier alpha value is -6.76. The lowest BCUT2D eigenvalue weighted by molar-refractivity contribution is 1.59. The van der Waals surface area contributed by atoms with Gasteiger partial charge in [0.2, 0.25) is 0 Å². The molecule has 10 rings (SSSR count). The highest BCUT2D eigenvalue weighted by Crippen LogP contribution is 2.50. The van der Waals surface area contributed by atoms with Crippen molar-refractivity contribution < 1.29 is 0 Å². The molecule has 0 spiro atoms. The third kappa shape index (κ3) is 4.92. The van der Waals surface area contributed by atoms with Crippen molar-refractivity contribution in [1.82, 2.24) is 0 Å². The topological polar surface area (TPSA) is 0 Å². The van der Waals surface area contributed by atoms with Crippen LogP contribution in [0.2, 0.25) is 0 Å². The molecule has 0 aliphatic heterocycles. The molecule has 0 heteroatoms. The van der Waals surface area contributed by atoms with Gasteiger partial charge in [-0.25, -0.2) is 0 Å². The summed E-state index contributed by atoms with van der Waals surface area (Å²) in [6.45, 7) is 0. The molecular weight excluding hydrogens is 625 g/mol. The molecule has 0 N–H and O–H groups in total. The Morgan fingerprint density at radius 1 is 0.173 bits per heavy atom. The van der Waals surface area contributed by atoms with Gasteiger partial charge < -0.3 is 0 Å². The zero-order valence-corrected chi connectivity index (χ0v) is 28.6. The first-order valence-corrected chi connectivity index (χ1v) is 18.0. The highest BCUT2D eigenvalue weighted by atomic mass is 14.3. The normalized spacial score (nSPS) is 11.5. The van der Waals surface area contributed by atoms with Crippen LogP contribution in [0.1, 0.15) is 0 Å². The average molecular weight is 659 g/mol. The van der Waals surface area contributed by atoms with Crippen molar-refractivity contribution in [2.45, 2.75) is 0 Å². The summed E-state index contributed by atoms with van der Waals surface area (Å²) in [5.74, 6) is 0. The second-order valence-electron chi connectivity index (χ2n) is 13.6. The van der Waals surface area contributed by atoms with Gasteiger partial charge in [-0.1, -0.05) is 194 Å². The molecule has 0 fully saturated rings. The van der Waals surface area contributed by atoms with Crippen LogP contribution < -0.4 is 0 Å². The minimum atomic E-state index is 1.21. The van der Waals surface area contributed by atoms with Gasteiger partial charge in [0.25, 0.3) is 0 Å². The highest BCUT2D eigenvalue weighted by Gasteiger charge is 2.23. The van der Waals surface area contributed by atoms with Crippen LogP contribution in [0.25, 0.3) is 99.1 Å². The molecule has 10 aromatic rings. The molecule has 0 aliphatic rings. The summed E-state index contributed by atoms with van der Waals surface area (Å²) in [6, 6.07) is 75.5. The van der Waals surface area contributed by atoms with Gasteiger partial charge in [-0.05, 0) is 111 Å². The van der Waals surface area contributed by atoms with Crippen LogP contribution in [0.4, 0.5) is 0 Å². The van der Waals surface area contributed by atoms with E-state index in [1.807, 2.05) is 0 Å². The van der Waals surface area contributed by atoms with Gasteiger partial charge in [0.1, 0.15) is 0 Å². The summed E-state index contributed by atoms with van der Waals surface area (Å²) in [5, 5.41) is 7.69. The summed E-state index contributed by atoms with van der Waals surface area (Å²) < 4.78 is 0. The van der Waals surface area contributed by atoms with Crippen LogP contribution >= 0.6 is 0 Å². The van der Waals surface area contributed by atoms with Gasteiger partial charge in [0.05, 0.1) is 0 Å². The SMILES string of the molecule is c1ccc(-c2ccccc2-c2cc3c(-c4ccccc4)cc(-c4ccccc4-c4ccccc4)c4ccc5c(-c6ccccc6)ccc2c5c34)cc1. The average Bonchev–Trinajstić information content (AvgIpc) is 3.23. The van der Waals surface area contributed by atoms with Crippen LogP contribution in [0.5, 0.6) is 0 Å². The number of hydrogen-bond acceptors (Lipinski definition) is 0. The standard InChI is InChI=1S/C52H34/c1-5-17-35(18-6-1)39-25-13-15-27-42(39)48-33-47(38-23-11-4-12-24-38)50-34-49(43-28-16-14-26-40(43)36-19-7-2-8-20-36)45-30-29-41(37-21-9-3-10-22-37)44-31-32-46(48)52(50)51(44)45/h1-34H. The van der Waals surface area contributed by atoms with E-state index in [2.05, 4.69) is 206 Å².